The van der Waals surface area contributed by atoms with Gasteiger partial charge in [0, 0.05) is 6.07 Å². The summed E-state index contributed by atoms with van der Waals surface area (Å²) in [7, 11) is 1.30. The maximum Gasteiger partial charge on any atom is 0.349 e. The summed E-state index contributed by atoms with van der Waals surface area (Å²) in [5.41, 5.74) is -0.268. The Bertz CT molecular complexity index is 469. The SMILES string of the molecule is CCCC(C)c1cc(F)cc(OC(C)(C)C(=O)OC)c1. The summed E-state index contributed by atoms with van der Waals surface area (Å²) >= 11 is 0. The van der Waals surface area contributed by atoms with Gasteiger partial charge in [-0.25, -0.2) is 9.18 Å². The molecule has 0 N–H and O–H groups in total. The van der Waals surface area contributed by atoms with Crippen LogP contribution in [0, 0.1) is 5.82 Å². The zero-order valence-corrected chi connectivity index (χ0v) is 12.8. The molecule has 1 aromatic rings. The molecule has 112 valence electrons. The molecular formula is C16H23FO3. The molecule has 4 heteroatoms. The Morgan fingerprint density at radius 2 is 2.00 bits per heavy atom. The van der Waals surface area contributed by atoms with Gasteiger partial charge >= 0.3 is 5.97 Å². The Hall–Kier alpha value is -1.58. The maximum absolute atomic E-state index is 13.7. The van der Waals surface area contributed by atoms with Crippen LogP contribution in [-0.4, -0.2) is 18.7 Å². The molecule has 0 saturated carbocycles. The fourth-order valence-corrected chi connectivity index (χ4v) is 2.11. The number of ether oxygens (including phenoxy) is 2. The highest BCUT2D eigenvalue weighted by molar-refractivity contribution is 5.78. The number of hydrogen-bond donors (Lipinski definition) is 0. The molecule has 0 spiro atoms. The van der Waals surface area contributed by atoms with E-state index in [4.69, 9.17) is 4.74 Å². The number of methoxy groups -OCH3 is 1. The van der Waals surface area contributed by atoms with Crippen molar-refractivity contribution in [1.82, 2.24) is 0 Å². The number of esters is 1. The summed E-state index contributed by atoms with van der Waals surface area (Å²) < 4.78 is 24.0. The third kappa shape index (κ3) is 4.22. The van der Waals surface area contributed by atoms with Gasteiger partial charge in [-0.05, 0) is 43.9 Å². The van der Waals surface area contributed by atoms with Gasteiger partial charge in [-0.3, -0.25) is 0 Å². The second-order valence-corrected chi connectivity index (χ2v) is 5.51. The summed E-state index contributed by atoms with van der Waals surface area (Å²) in [6.45, 7) is 7.33. The molecule has 0 fully saturated rings. The quantitative estimate of drug-likeness (QED) is 0.738. The highest BCUT2D eigenvalue weighted by atomic mass is 19.1. The average Bonchev–Trinajstić information content (AvgIpc) is 2.36. The first-order chi connectivity index (χ1) is 9.30. The van der Waals surface area contributed by atoms with Crippen LogP contribution in [0.25, 0.3) is 0 Å². The van der Waals surface area contributed by atoms with Crippen LogP contribution in [0.3, 0.4) is 0 Å². The fourth-order valence-electron chi connectivity index (χ4n) is 2.11. The molecule has 0 saturated heterocycles. The van der Waals surface area contributed by atoms with Crippen LogP contribution in [0.5, 0.6) is 5.75 Å². The second kappa shape index (κ2) is 6.73. The van der Waals surface area contributed by atoms with E-state index in [1.54, 1.807) is 19.9 Å². The van der Waals surface area contributed by atoms with Gasteiger partial charge in [-0.1, -0.05) is 20.3 Å². The zero-order chi connectivity index (χ0) is 15.3. The topological polar surface area (TPSA) is 35.5 Å². The first-order valence-corrected chi connectivity index (χ1v) is 6.88. The van der Waals surface area contributed by atoms with Crippen LogP contribution in [0.1, 0.15) is 52.0 Å². The Labute approximate surface area is 120 Å². The normalized spacial score (nSPS) is 12.9. The Balaban J connectivity index is 2.99. The molecule has 0 heterocycles. The van der Waals surface area contributed by atoms with Crippen molar-refractivity contribution in [3.05, 3.63) is 29.6 Å². The first kappa shape index (κ1) is 16.5. The van der Waals surface area contributed by atoms with Crippen LogP contribution in [0.2, 0.25) is 0 Å². The average molecular weight is 282 g/mol. The van der Waals surface area contributed by atoms with Gasteiger partial charge in [0.05, 0.1) is 7.11 Å². The number of rotatable bonds is 6. The molecule has 0 aliphatic rings. The molecule has 0 aromatic heterocycles. The summed E-state index contributed by atoms with van der Waals surface area (Å²) in [6, 6.07) is 4.58. The van der Waals surface area contributed by atoms with Gasteiger partial charge in [0.15, 0.2) is 5.60 Å². The lowest BCUT2D eigenvalue weighted by Crippen LogP contribution is -2.39. The summed E-state index contributed by atoms with van der Waals surface area (Å²) in [5, 5.41) is 0. The highest BCUT2D eigenvalue weighted by Crippen LogP contribution is 2.28. The monoisotopic (exact) mass is 282 g/mol. The molecule has 0 aliphatic carbocycles. The smallest absolute Gasteiger partial charge is 0.349 e. The van der Waals surface area contributed by atoms with E-state index in [1.165, 1.54) is 19.2 Å². The van der Waals surface area contributed by atoms with E-state index >= 15 is 0 Å². The highest BCUT2D eigenvalue weighted by Gasteiger charge is 2.31. The van der Waals surface area contributed by atoms with Crippen molar-refractivity contribution in [3.8, 4) is 5.75 Å². The molecule has 0 amide bonds. The van der Waals surface area contributed by atoms with Crippen molar-refractivity contribution in [3.63, 3.8) is 0 Å². The maximum atomic E-state index is 13.7. The molecule has 1 unspecified atom stereocenters. The van der Waals surface area contributed by atoms with Crippen molar-refractivity contribution < 1.29 is 18.7 Å². The predicted molar refractivity (Wildman–Crippen MR) is 76.4 cm³/mol. The molecule has 3 nitrogen and oxygen atoms in total. The Morgan fingerprint density at radius 3 is 2.55 bits per heavy atom. The molecular weight excluding hydrogens is 259 g/mol. The van der Waals surface area contributed by atoms with E-state index in [2.05, 4.69) is 11.7 Å². The van der Waals surface area contributed by atoms with Crippen LogP contribution >= 0.6 is 0 Å². The lowest BCUT2D eigenvalue weighted by Gasteiger charge is -2.24. The lowest BCUT2D eigenvalue weighted by atomic mass is 9.96. The largest absolute Gasteiger partial charge is 0.476 e. The third-order valence-corrected chi connectivity index (χ3v) is 3.23. The van der Waals surface area contributed by atoms with Gasteiger partial charge in [0.2, 0.25) is 0 Å². The van der Waals surface area contributed by atoms with Crippen molar-refractivity contribution >= 4 is 5.97 Å². The van der Waals surface area contributed by atoms with Gasteiger partial charge in [-0.15, -0.1) is 0 Å². The molecule has 0 bridgehead atoms. The minimum atomic E-state index is -1.15. The van der Waals surface area contributed by atoms with E-state index in [0.29, 0.717) is 5.75 Å². The molecule has 1 aromatic carbocycles. The first-order valence-electron chi connectivity index (χ1n) is 6.88. The Morgan fingerprint density at radius 1 is 1.35 bits per heavy atom. The van der Waals surface area contributed by atoms with Crippen LogP contribution in [0.4, 0.5) is 4.39 Å². The van der Waals surface area contributed by atoms with E-state index in [-0.39, 0.29) is 11.7 Å². The van der Waals surface area contributed by atoms with Gasteiger partial charge in [-0.2, -0.15) is 0 Å². The molecule has 1 rings (SSSR count). The predicted octanol–water partition coefficient (Wildman–Crippen LogP) is 4.06. The van der Waals surface area contributed by atoms with Gasteiger partial charge < -0.3 is 9.47 Å². The Kier molecular flexibility index (Phi) is 5.54. The van der Waals surface area contributed by atoms with Crippen molar-refractivity contribution in [2.75, 3.05) is 7.11 Å². The molecule has 1 atom stereocenters. The van der Waals surface area contributed by atoms with Crippen molar-refractivity contribution in [2.45, 2.75) is 52.1 Å². The summed E-state index contributed by atoms with van der Waals surface area (Å²) in [5.74, 6) is -0.260. The standard InChI is InChI=1S/C16H23FO3/c1-6-7-11(2)12-8-13(17)10-14(9-12)20-16(3,4)15(18)19-5/h8-11H,6-7H2,1-5H3. The number of benzene rings is 1. The molecule has 0 radical (unpaired) electrons. The van der Waals surface area contributed by atoms with Crippen LogP contribution in [-0.2, 0) is 9.53 Å². The van der Waals surface area contributed by atoms with Crippen LogP contribution < -0.4 is 4.74 Å². The number of carbonyl (C=O) groups excluding carboxylic acids is 1. The third-order valence-electron chi connectivity index (χ3n) is 3.23. The minimum Gasteiger partial charge on any atom is -0.476 e. The number of halogens is 1. The van der Waals surface area contributed by atoms with E-state index < -0.39 is 11.6 Å². The fraction of sp³-hybridized carbons (Fsp3) is 0.562. The second-order valence-electron chi connectivity index (χ2n) is 5.51. The summed E-state index contributed by atoms with van der Waals surface area (Å²) in [4.78, 5) is 11.6. The van der Waals surface area contributed by atoms with E-state index in [0.717, 1.165) is 18.4 Å². The van der Waals surface area contributed by atoms with Crippen LogP contribution in [0.15, 0.2) is 18.2 Å². The van der Waals surface area contributed by atoms with Crippen molar-refractivity contribution in [1.29, 1.82) is 0 Å². The van der Waals surface area contributed by atoms with Gasteiger partial charge in [0.1, 0.15) is 11.6 Å². The van der Waals surface area contributed by atoms with E-state index in [1.807, 2.05) is 6.92 Å². The summed E-state index contributed by atoms with van der Waals surface area (Å²) in [6.07, 6.45) is 2.00. The zero-order valence-electron chi connectivity index (χ0n) is 12.8. The van der Waals surface area contributed by atoms with Crippen molar-refractivity contribution in [2.24, 2.45) is 0 Å². The lowest BCUT2D eigenvalue weighted by molar-refractivity contribution is -0.156. The van der Waals surface area contributed by atoms with E-state index in [9.17, 15) is 9.18 Å². The molecule has 0 aliphatic heterocycles. The van der Waals surface area contributed by atoms with Gasteiger partial charge in [0.25, 0.3) is 0 Å². The molecule has 20 heavy (non-hydrogen) atoms. The number of carbonyl (C=O) groups is 1. The number of hydrogen-bond acceptors (Lipinski definition) is 3. The minimum absolute atomic E-state index is 0.249.